The van der Waals surface area contributed by atoms with Crippen LogP contribution in [0, 0.1) is 0 Å². The van der Waals surface area contributed by atoms with E-state index in [4.69, 9.17) is 0 Å². The average molecular weight is 235 g/mol. The summed E-state index contributed by atoms with van der Waals surface area (Å²) in [4.78, 5) is 0. The van der Waals surface area contributed by atoms with Crippen LogP contribution >= 0.6 is 11.8 Å². The summed E-state index contributed by atoms with van der Waals surface area (Å²) >= 11 is 2.05. The maximum Gasteiger partial charge on any atom is 0.0323 e. The number of hydrogen-bond acceptors (Lipinski definition) is 2. The second-order valence-electron chi connectivity index (χ2n) is 4.29. The zero-order valence-corrected chi connectivity index (χ0v) is 10.9. The first-order valence-electron chi connectivity index (χ1n) is 6.30. The van der Waals surface area contributed by atoms with Gasteiger partial charge in [-0.1, -0.05) is 31.2 Å². The van der Waals surface area contributed by atoms with E-state index in [1.54, 1.807) is 5.56 Å². The molecule has 88 valence electrons. The molecule has 1 nitrogen and oxygen atoms in total. The normalized spacial score (nSPS) is 19.4. The Kier molecular flexibility index (Phi) is 4.73. The first kappa shape index (κ1) is 12.0. The lowest BCUT2D eigenvalue weighted by molar-refractivity contribution is 0.472. The van der Waals surface area contributed by atoms with Crippen LogP contribution in [0.25, 0.3) is 0 Å². The lowest BCUT2D eigenvalue weighted by atomic mass is 9.92. The number of benzene rings is 1. The molecular formula is C14H21NS. The van der Waals surface area contributed by atoms with Gasteiger partial charge in [-0.05, 0) is 48.4 Å². The molecule has 0 radical (unpaired) electrons. The van der Waals surface area contributed by atoms with E-state index in [-0.39, 0.29) is 0 Å². The highest BCUT2D eigenvalue weighted by molar-refractivity contribution is 7.99. The number of thioether (sulfide) groups is 1. The largest absolute Gasteiger partial charge is 0.310 e. The van der Waals surface area contributed by atoms with Crippen molar-refractivity contribution in [1.82, 2.24) is 5.32 Å². The molecule has 0 fully saturated rings. The van der Waals surface area contributed by atoms with Gasteiger partial charge in [-0.3, -0.25) is 0 Å². The third kappa shape index (κ3) is 3.02. The van der Waals surface area contributed by atoms with E-state index >= 15 is 0 Å². The zero-order chi connectivity index (χ0) is 11.2. The highest BCUT2D eigenvalue weighted by Crippen LogP contribution is 2.26. The van der Waals surface area contributed by atoms with Crippen molar-refractivity contribution in [2.45, 2.75) is 32.2 Å². The maximum atomic E-state index is 3.64. The van der Waals surface area contributed by atoms with Crippen molar-refractivity contribution >= 4 is 11.8 Å². The van der Waals surface area contributed by atoms with Gasteiger partial charge in [0.05, 0.1) is 0 Å². The Morgan fingerprint density at radius 1 is 1.38 bits per heavy atom. The molecular weight excluding hydrogens is 214 g/mol. The Hall–Kier alpha value is -0.470. The lowest BCUT2D eigenvalue weighted by Gasteiger charge is -2.26. The lowest BCUT2D eigenvalue weighted by Crippen LogP contribution is -2.29. The minimum absolute atomic E-state index is 0.599. The van der Waals surface area contributed by atoms with Gasteiger partial charge in [-0.2, -0.15) is 11.8 Å². The monoisotopic (exact) mass is 235 g/mol. The molecule has 0 amide bonds. The van der Waals surface area contributed by atoms with Crippen LogP contribution in [-0.2, 0) is 6.42 Å². The summed E-state index contributed by atoms with van der Waals surface area (Å²) in [5.41, 5.74) is 3.09. The smallest absolute Gasteiger partial charge is 0.0323 e. The van der Waals surface area contributed by atoms with Crippen molar-refractivity contribution in [3.8, 4) is 0 Å². The van der Waals surface area contributed by atoms with E-state index in [9.17, 15) is 0 Å². The average Bonchev–Trinajstić information content (AvgIpc) is 2.35. The summed E-state index contributed by atoms with van der Waals surface area (Å²) in [6, 6.07) is 9.50. The molecule has 0 aromatic heterocycles. The fourth-order valence-electron chi connectivity index (χ4n) is 2.38. The predicted octanol–water partition coefficient (Wildman–Crippen LogP) is 3.41. The van der Waals surface area contributed by atoms with Crippen LogP contribution in [0.3, 0.4) is 0 Å². The molecule has 16 heavy (non-hydrogen) atoms. The second-order valence-corrected chi connectivity index (χ2v) is 5.69. The summed E-state index contributed by atoms with van der Waals surface area (Å²) in [6.45, 7) is 3.38. The standard InChI is InChI=1S/C14H21NS/c1-2-16-11-5-8-14-13-7-4-3-6-12(13)9-10-15-14/h3-4,6-7,14-15H,2,5,8-11H2,1H3. The first-order chi connectivity index (χ1) is 7.92. The van der Waals surface area contributed by atoms with Crippen molar-refractivity contribution < 1.29 is 0 Å². The minimum Gasteiger partial charge on any atom is -0.310 e. The van der Waals surface area contributed by atoms with E-state index in [0.717, 1.165) is 6.54 Å². The van der Waals surface area contributed by atoms with Crippen molar-refractivity contribution in [2.24, 2.45) is 0 Å². The molecule has 2 rings (SSSR count). The number of fused-ring (bicyclic) bond motifs is 1. The predicted molar refractivity (Wildman–Crippen MR) is 73.1 cm³/mol. The molecule has 1 atom stereocenters. The summed E-state index contributed by atoms with van der Waals surface area (Å²) < 4.78 is 0. The van der Waals surface area contributed by atoms with Crippen molar-refractivity contribution in [3.63, 3.8) is 0 Å². The molecule has 2 heteroatoms. The van der Waals surface area contributed by atoms with E-state index in [1.807, 2.05) is 0 Å². The van der Waals surface area contributed by atoms with E-state index in [0.29, 0.717) is 6.04 Å². The topological polar surface area (TPSA) is 12.0 Å². The molecule has 1 heterocycles. The van der Waals surface area contributed by atoms with Gasteiger partial charge < -0.3 is 5.32 Å². The fourth-order valence-corrected chi connectivity index (χ4v) is 3.04. The molecule has 0 spiro atoms. The van der Waals surface area contributed by atoms with Crippen LogP contribution in [-0.4, -0.2) is 18.1 Å². The molecule has 1 aromatic rings. The van der Waals surface area contributed by atoms with Gasteiger partial charge in [0.25, 0.3) is 0 Å². The van der Waals surface area contributed by atoms with Crippen LogP contribution in [0.5, 0.6) is 0 Å². The van der Waals surface area contributed by atoms with Crippen molar-refractivity contribution in [2.75, 3.05) is 18.1 Å². The van der Waals surface area contributed by atoms with Gasteiger partial charge >= 0.3 is 0 Å². The fraction of sp³-hybridized carbons (Fsp3) is 0.571. The number of nitrogens with one attached hydrogen (secondary N) is 1. The Balaban J connectivity index is 1.91. The van der Waals surface area contributed by atoms with E-state index in [1.165, 1.54) is 36.3 Å². The number of hydrogen-bond donors (Lipinski definition) is 1. The van der Waals surface area contributed by atoms with Crippen LogP contribution in [0.4, 0.5) is 0 Å². The van der Waals surface area contributed by atoms with E-state index < -0.39 is 0 Å². The quantitative estimate of drug-likeness (QED) is 0.785. The third-order valence-electron chi connectivity index (χ3n) is 3.20. The van der Waals surface area contributed by atoms with Gasteiger partial charge in [0.1, 0.15) is 0 Å². The van der Waals surface area contributed by atoms with Gasteiger partial charge in [0.2, 0.25) is 0 Å². The summed E-state index contributed by atoms with van der Waals surface area (Å²) in [5, 5.41) is 3.64. The Morgan fingerprint density at radius 3 is 3.12 bits per heavy atom. The van der Waals surface area contributed by atoms with Crippen LogP contribution in [0.2, 0.25) is 0 Å². The second kappa shape index (κ2) is 6.31. The minimum atomic E-state index is 0.599. The molecule has 1 aromatic carbocycles. The summed E-state index contributed by atoms with van der Waals surface area (Å²) in [6.07, 6.45) is 3.80. The SMILES string of the molecule is CCSCCCC1NCCc2ccccc21. The summed E-state index contributed by atoms with van der Waals surface area (Å²) in [5.74, 6) is 2.55. The van der Waals surface area contributed by atoms with Crippen molar-refractivity contribution in [1.29, 1.82) is 0 Å². The number of rotatable bonds is 5. The van der Waals surface area contributed by atoms with Gasteiger partial charge in [0.15, 0.2) is 0 Å². The Morgan fingerprint density at radius 2 is 2.25 bits per heavy atom. The molecule has 1 aliphatic rings. The van der Waals surface area contributed by atoms with Gasteiger partial charge in [0, 0.05) is 6.04 Å². The zero-order valence-electron chi connectivity index (χ0n) is 10.0. The van der Waals surface area contributed by atoms with E-state index in [2.05, 4.69) is 48.3 Å². The summed E-state index contributed by atoms with van der Waals surface area (Å²) in [7, 11) is 0. The molecule has 0 saturated heterocycles. The first-order valence-corrected chi connectivity index (χ1v) is 7.46. The van der Waals surface area contributed by atoms with Gasteiger partial charge in [-0.25, -0.2) is 0 Å². The highest BCUT2D eigenvalue weighted by Gasteiger charge is 2.17. The molecule has 0 saturated carbocycles. The van der Waals surface area contributed by atoms with Crippen LogP contribution in [0.1, 0.15) is 36.9 Å². The molecule has 0 bridgehead atoms. The Labute approximate surface area is 103 Å². The molecule has 0 aliphatic carbocycles. The molecule has 1 unspecified atom stereocenters. The highest BCUT2D eigenvalue weighted by atomic mass is 32.2. The third-order valence-corrected chi connectivity index (χ3v) is 4.19. The van der Waals surface area contributed by atoms with Crippen LogP contribution in [0.15, 0.2) is 24.3 Å². The maximum absolute atomic E-state index is 3.64. The Bertz CT molecular complexity index is 324. The van der Waals surface area contributed by atoms with Crippen molar-refractivity contribution in [3.05, 3.63) is 35.4 Å². The molecule has 1 N–H and O–H groups in total. The van der Waals surface area contributed by atoms with Gasteiger partial charge in [-0.15, -0.1) is 0 Å². The molecule has 1 aliphatic heterocycles. The van der Waals surface area contributed by atoms with Crippen LogP contribution < -0.4 is 5.32 Å².